The second-order valence-corrected chi connectivity index (χ2v) is 6.91. The van der Waals surface area contributed by atoms with Gasteiger partial charge in [-0.15, -0.1) is 0 Å². The summed E-state index contributed by atoms with van der Waals surface area (Å²) in [6.45, 7) is 3.30. The van der Waals surface area contributed by atoms with Crippen molar-refractivity contribution < 1.29 is 14.3 Å². The van der Waals surface area contributed by atoms with Crippen LogP contribution < -0.4 is 16.4 Å². The van der Waals surface area contributed by atoms with Gasteiger partial charge in [0.15, 0.2) is 0 Å². The lowest BCUT2D eigenvalue weighted by Crippen LogP contribution is -2.52. The van der Waals surface area contributed by atoms with Crippen LogP contribution in [0.15, 0.2) is 53.0 Å². The summed E-state index contributed by atoms with van der Waals surface area (Å²) in [5.41, 5.74) is 6.43. The fourth-order valence-electron chi connectivity index (χ4n) is 1.99. The smallest absolute Gasteiger partial charge is 0.408 e. The summed E-state index contributed by atoms with van der Waals surface area (Å²) in [7, 11) is 0. The van der Waals surface area contributed by atoms with Crippen molar-refractivity contribution in [1.29, 1.82) is 0 Å². The molecule has 0 bridgehead atoms. The molecule has 0 spiro atoms. The van der Waals surface area contributed by atoms with Crippen molar-refractivity contribution in [2.45, 2.75) is 26.0 Å². The highest BCUT2D eigenvalue weighted by atomic mass is 79.9. The van der Waals surface area contributed by atoms with Crippen molar-refractivity contribution in [2.24, 2.45) is 0 Å². The Morgan fingerprint density at radius 2 is 1.84 bits per heavy atom. The molecule has 132 valence electrons. The predicted molar refractivity (Wildman–Crippen MR) is 101 cm³/mol. The first-order valence-electron chi connectivity index (χ1n) is 7.63. The number of anilines is 2. The second-order valence-electron chi connectivity index (χ2n) is 6.00. The third-order valence-electron chi connectivity index (χ3n) is 3.46. The number of nitrogens with two attached hydrogens (primary N) is 1. The maximum Gasteiger partial charge on any atom is 0.408 e. The van der Waals surface area contributed by atoms with Gasteiger partial charge in [0.25, 0.3) is 0 Å². The van der Waals surface area contributed by atoms with Crippen LogP contribution in [0, 0.1) is 0 Å². The molecule has 0 aliphatic rings. The van der Waals surface area contributed by atoms with E-state index in [2.05, 4.69) is 26.6 Å². The molecule has 0 fully saturated rings. The zero-order valence-electron chi connectivity index (χ0n) is 14.0. The van der Waals surface area contributed by atoms with Gasteiger partial charge in [0.2, 0.25) is 5.91 Å². The van der Waals surface area contributed by atoms with Crippen molar-refractivity contribution in [3.05, 3.63) is 58.6 Å². The van der Waals surface area contributed by atoms with Crippen LogP contribution in [0.5, 0.6) is 0 Å². The van der Waals surface area contributed by atoms with Gasteiger partial charge in [-0.1, -0.05) is 46.3 Å². The van der Waals surface area contributed by atoms with Crippen molar-refractivity contribution in [2.75, 3.05) is 11.1 Å². The second kappa shape index (κ2) is 8.02. The van der Waals surface area contributed by atoms with E-state index in [0.29, 0.717) is 11.4 Å². The molecule has 0 heterocycles. The van der Waals surface area contributed by atoms with E-state index in [1.807, 2.05) is 30.3 Å². The Balaban J connectivity index is 1.94. The Morgan fingerprint density at radius 1 is 1.16 bits per heavy atom. The molecule has 2 aromatic carbocycles. The highest BCUT2D eigenvalue weighted by Gasteiger charge is 2.30. The lowest BCUT2D eigenvalue weighted by atomic mass is 10.0. The molecular weight excluding hydrogens is 386 g/mol. The molecule has 4 N–H and O–H groups in total. The van der Waals surface area contributed by atoms with Crippen molar-refractivity contribution in [1.82, 2.24) is 5.32 Å². The Morgan fingerprint density at radius 3 is 2.52 bits per heavy atom. The van der Waals surface area contributed by atoms with Crippen LogP contribution in [-0.4, -0.2) is 17.5 Å². The molecule has 0 aromatic heterocycles. The zero-order chi connectivity index (χ0) is 18.4. The molecule has 0 saturated heterocycles. The number of benzene rings is 2. The Labute approximate surface area is 154 Å². The van der Waals surface area contributed by atoms with E-state index in [-0.39, 0.29) is 6.61 Å². The maximum atomic E-state index is 12.5. The SMILES string of the molecule is CC(C)(NC(=O)OCc1ccccc1)C(=O)Nc1cc(Br)ccc1N. The summed E-state index contributed by atoms with van der Waals surface area (Å²) in [6, 6.07) is 14.4. The molecule has 2 amide bonds. The molecule has 0 atom stereocenters. The molecule has 0 unspecified atom stereocenters. The van der Waals surface area contributed by atoms with Gasteiger partial charge in [0, 0.05) is 4.47 Å². The van der Waals surface area contributed by atoms with Gasteiger partial charge in [0.1, 0.15) is 12.1 Å². The number of nitrogen functional groups attached to an aromatic ring is 1. The van der Waals surface area contributed by atoms with E-state index in [1.54, 1.807) is 32.0 Å². The average molecular weight is 406 g/mol. The summed E-state index contributed by atoms with van der Waals surface area (Å²) in [6.07, 6.45) is -0.675. The number of carbonyl (C=O) groups excluding carboxylic acids is 2. The first-order chi connectivity index (χ1) is 11.8. The standard InChI is InChI=1S/C18H20BrN3O3/c1-18(2,16(23)21-15-10-13(19)8-9-14(15)20)22-17(24)25-11-12-6-4-3-5-7-12/h3-10H,11,20H2,1-2H3,(H,21,23)(H,22,24). The molecular formula is C18H20BrN3O3. The summed E-state index contributed by atoms with van der Waals surface area (Å²) in [5.74, 6) is -0.408. The highest BCUT2D eigenvalue weighted by molar-refractivity contribution is 9.10. The van der Waals surface area contributed by atoms with E-state index >= 15 is 0 Å². The Kier molecular flexibility index (Phi) is 6.03. The van der Waals surface area contributed by atoms with E-state index in [4.69, 9.17) is 10.5 Å². The molecule has 2 rings (SSSR count). The quantitative estimate of drug-likeness (QED) is 0.661. The minimum Gasteiger partial charge on any atom is -0.445 e. The normalized spacial score (nSPS) is 10.8. The van der Waals surface area contributed by atoms with Crippen LogP contribution in [-0.2, 0) is 16.1 Å². The first kappa shape index (κ1) is 18.8. The third kappa shape index (κ3) is 5.49. The molecule has 0 aliphatic carbocycles. The van der Waals surface area contributed by atoms with Gasteiger partial charge >= 0.3 is 6.09 Å². The summed E-state index contributed by atoms with van der Waals surface area (Å²) >= 11 is 3.32. The van der Waals surface area contributed by atoms with Crippen molar-refractivity contribution in [3.63, 3.8) is 0 Å². The van der Waals surface area contributed by atoms with E-state index in [9.17, 15) is 9.59 Å². The molecule has 0 aliphatic heterocycles. The van der Waals surface area contributed by atoms with Gasteiger partial charge in [-0.25, -0.2) is 4.79 Å². The van der Waals surface area contributed by atoms with Gasteiger partial charge in [-0.3, -0.25) is 4.79 Å². The fourth-order valence-corrected chi connectivity index (χ4v) is 2.35. The van der Waals surface area contributed by atoms with Crippen LogP contribution >= 0.6 is 15.9 Å². The van der Waals surface area contributed by atoms with E-state index < -0.39 is 17.5 Å². The zero-order valence-corrected chi connectivity index (χ0v) is 15.6. The van der Waals surface area contributed by atoms with Crippen LogP contribution in [0.4, 0.5) is 16.2 Å². The summed E-state index contributed by atoms with van der Waals surface area (Å²) in [5, 5.41) is 5.26. The summed E-state index contributed by atoms with van der Waals surface area (Å²) < 4.78 is 5.93. The number of ether oxygens (including phenoxy) is 1. The lowest BCUT2D eigenvalue weighted by Gasteiger charge is -2.25. The summed E-state index contributed by atoms with van der Waals surface area (Å²) in [4.78, 5) is 24.4. The Bertz CT molecular complexity index is 763. The van der Waals surface area contributed by atoms with Crippen LogP contribution in [0.25, 0.3) is 0 Å². The number of amides is 2. The third-order valence-corrected chi connectivity index (χ3v) is 3.95. The molecule has 2 aromatic rings. The van der Waals surface area contributed by atoms with Crippen LogP contribution in [0.2, 0.25) is 0 Å². The minimum atomic E-state index is -1.18. The topological polar surface area (TPSA) is 93.4 Å². The van der Waals surface area contributed by atoms with Crippen LogP contribution in [0.3, 0.4) is 0 Å². The van der Waals surface area contributed by atoms with Gasteiger partial charge in [-0.05, 0) is 37.6 Å². The van der Waals surface area contributed by atoms with Crippen molar-refractivity contribution in [3.8, 4) is 0 Å². The van der Waals surface area contributed by atoms with E-state index in [0.717, 1.165) is 10.0 Å². The number of hydrogen-bond acceptors (Lipinski definition) is 4. The largest absolute Gasteiger partial charge is 0.445 e. The number of rotatable bonds is 5. The van der Waals surface area contributed by atoms with Gasteiger partial charge in [0.05, 0.1) is 11.4 Å². The predicted octanol–water partition coefficient (Wildman–Crippen LogP) is 3.67. The minimum absolute atomic E-state index is 0.128. The number of carbonyl (C=O) groups is 2. The lowest BCUT2D eigenvalue weighted by molar-refractivity contribution is -0.121. The molecule has 25 heavy (non-hydrogen) atoms. The monoisotopic (exact) mass is 405 g/mol. The molecule has 0 radical (unpaired) electrons. The number of halogens is 1. The fraction of sp³-hybridized carbons (Fsp3) is 0.222. The highest BCUT2D eigenvalue weighted by Crippen LogP contribution is 2.24. The first-order valence-corrected chi connectivity index (χ1v) is 8.42. The molecule has 7 heteroatoms. The Hall–Kier alpha value is -2.54. The van der Waals surface area contributed by atoms with E-state index in [1.165, 1.54) is 0 Å². The maximum absolute atomic E-state index is 12.5. The molecule has 0 saturated carbocycles. The van der Waals surface area contributed by atoms with Crippen LogP contribution in [0.1, 0.15) is 19.4 Å². The number of alkyl carbamates (subject to hydrolysis) is 1. The average Bonchev–Trinajstić information content (AvgIpc) is 2.57. The number of hydrogen-bond donors (Lipinski definition) is 3. The van der Waals surface area contributed by atoms with Crippen molar-refractivity contribution >= 4 is 39.3 Å². The number of nitrogens with one attached hydrogen (secondary N) is 2. The molecule has 6 nitrogen and oxygen atoms in total. The van der Waals surface area contributed by atoms with Gasteiger partial charge in [-0.2, -0.15) is 0 Å². The van der Waals surface area contributed by atoms with Gasteiger partial charge < -0.3 is 21.1 Å².